The summed E-state index contributed by atoms with van der Waals surface area (Å²) >= 11 is 13.5. The van der Waals surface area contributed by atoms with E-state index < -0.39 is 5.82 Å². The van der Waals surface area contributed by atoms with Crippen molar-refractivity contribution in [3.05, 3.63) is 28.8 Å². The highest BCUT2D eigenvalue weighted by atomic mass is 35.5. The molecule has 0 spiro atoms. The summed E-state index contributed by atoms with van der Waals surface area (Å²) < 4.78 is 15.8. The van der Waals surface area contributed by atoms with Crippen LogP contribution in [0.15, 0.2) is 12.1 Å². The lowest BCUT2D eigenvalue weighted by Crippen LogP contribution is -2.13. The van der Waals surface area contributed by atoms with Gasteiger partial charge in [-0.05, 0) is 24.0 Å². The Labute approximate surface area is 132 Å². The number of rotatable bonds is 6. The van der Waals surface area contributed by atoms with Gasteiger partial charge in [0.2, 0.25) is 0 Å². The third-order valence-corrected chi connectivity index (χ3v) is 4.51. The molecule has 0 radical (unpaired) electrons. The molecule has 6 heteroatoms. The molecule has 20 heavy (non-hydrogen) atoms. The minimum absolute atomic E-state index is 0.108. The van der Waals surface area contributed by atoms with Crippen LogP contribution in [0, 0.1) is 11.7 Å². The molecule has 0 fully saturated rings. The molecule has 2 rings (SSSR count). The largest absolute Gasteiger partial charge is 0.328 e. The number of halogens is 3. The molecule has 0 N–H and O–H groups in total. The van der Waals surface area contributed by atoms with Crippen LogP contribution in [0.5, 0.6) is 0 Å². The number of imidazole rings is 1. The molecule has 2 nitrogen and oxygen atoms in total. The van der Waals surface area contributed by atoms with Crippen LogP contribution in [0.3, 0.4) is 0 Å². The van der Waals surface area contributed by atoms with Crippen molar-refractivity contribution in [1.29, 1.82) is 0 Å². The van der Waals surface area contributed by atoms with Gasteiger partial charge in [-0.2, -0.15) is 11.8 Å². The quantitative estimate of drug-likeness (QED) is 0.718. The van der Waals surface area contributed by atoms with Crippen molar-refractivity contribution in [2.24, 2.45) is 5.92 Å². The van der Waals surface area contributed by atoms with Gasteiger partial charge in [-0.15, -0.1) is 11.6 Å². The van der Waals surface area contributed by atoms with Gasteiger partial charge in [0.05, 0.1) is 16.1 Å². The molecule has 1 atom stereocenters. The van der Waals surface area contributed by atoms with Crippen LogP contribution in [0.2, 0.25) is 5.02 Å². The van der Waals surface area contributed by atoms with E-state index in [1.165, 1.54) is 6.07 Å². The Balaban J connectivity index is 2.47. The Morgan fingerprint density at radius 2 is 2.20 bits per heavy atom. The summed E-state index contributed by atoms with van der Waals surface area (Å²) in [6.45, 7) is 2.99. The maximum absolute atomic E-state index is 13.7. The first-order valence-electron chi connectivity index (χ1n) is 6.45. The maximum Gasteiger partial charge on any atom is 0.144 e. The molecule has 0 aliphatic carbocycles. The van der Waals surface area contributed by atoms with Gasteiger partial charge in [-0.25, -0.2) is 9.37 Å². The number of aromatic nitrogens is 2. The number of aryl methyl sites for hydroxylation is 1. The Kier molecular flexibility index (Phi) is 5.58. The van der Waals surface area contributed by atoms with E-state index in [1.807, 2.05) is 0 Å². The summed E-state index contributed by atoms with van der Waals surface area (Å²) in [6, 6.07) is 3.05. The molecule has 0 amide bonds. The molecular formula is C14H17Cl2FN2S. The van der Waals surface area contributed by atoms with Crippen molar-refractivity contribution in [3.8, 4) is 0 Å². The highest BCUT2D eigenvalue weighted by Gasteiger charge is 2.15. The molecule has 110 valence electrons. The molecule has 0 saturated heterocycles. The average Bonchev–Trinajstić information content (AvgIpc) is 2.69. The summed E-state index contributed by atoms with van der Waals surface area (Å²) in [4.78, 5) is 4.54. The lowest BCUT2D eigenvalue weighted by Gasteiger charge is -2.14. The molecule has 0 aliphatic rings. The third-order valence-electron chi connectivity index (χ3n) is 3.13. The van der Waals surface area contributed by atoms with E-state index >= 15 is 0 Å². The summed E-state index contributed by atoms with van der Waals surface area (Å²) in [7, 11) is 0. The van der Waals surface area contributed by atoms with E-state index in [-0.39, 0.29) is 5.02 Å². The Morgan fingerprint density at radius 3 is 2.85 bits per heavy atom. The number of nitrogens with zero attached hydrogens (tertiary/aromatic N) is 2. The molecule has 1 aromatic heterocycles. The van der Waals surface area contributed by atoms with Crippen LogP contribution in [0.25, 0.3) is 11.0 Å². The minimum atomic E-state index is -0.407. The smallest absolute Gasteiger partial charge is 0.144 e. The Morgan fingerprint density at radius 1 is 1.45 bits per heavy atom. The number of fused-ring (bicyclic) bond motifs is 1. The molecule has 0 saturated carbocycles. The zero-order valence-electron chi connectivity index (χ0n) is 11.5. The van der Waals surface area contributed by atoms with Crippen molar-refractivity contribution in [2.45, 2.75) is 19.9 Å². The van der Waals surface area contributed by atoms with Crippen LogP contribution in [0.4, 0.5) is 4.39 Å². The SMILES string of the molecule is CSCC(C)Cn1c(CCCl)nc2cc(Cl)c(F)cc21. The van der Waals surface area contributed by atoms with Gasteiger partial charge < -0.3 is 4.57 Å². The van der Waals surface area contributed by atoms with E-state index in [1.54, 1.807) is 17.8 Å². The summed E-state index contributed by atoms with van der Waals surface area (Å²) in [5.74, 6) is 2.52. The van der Waals surface area contributed by atoms with E-state index in [4.69, 9.17) is 23.2 Å². The first-order chi connectivity index (χ1) is 9.56. The van der Waals surface area contributed by atoms with Crippen LogP contribution in [0.1, 0.15) is 12.7 Å². The number of benzene rings is 1. The van der Waals surface area contributed by atoms with Gasteiger partial charge in [0.25, 0.3) is 0 Å². The van der Waals surface area contributed by atoms with Crippen molar-refractivity contribution >= 4 is 46.0 Å². The number of hydrogen-bond donors (Lipinski definition) is 0. The predicted octanol–water partition coefficient (Wildman–Crippen LogP) is 4.61. The lowest BCUT2D eigenvalue weighted by atomic mass is 10.2. The number of alkyl halides is 1. The Hall–Kier alpha value is -0.450. The normalized spacial score (nSPS) is 13.1. The molecule has 1 aromatic carbocycles. The Bertz CT molecular complexity index is 600. The van der Waals surface area contributed by atoms with Crippen molar-refractivity contribution in [2.75, 3.05) is 17.9 Å². The molecule has 0 bridgehead atoms. The van der Waals surface area contributed by atoms with Crippen LogP contribution < -0.4 is 0 Å². The van der Waals surface area contributed by atoms with Gasteiger partial charge in [0, 0.05) is 24.9 Å². The van der Waals surface area contributed by atoms with Gasteiger partial charge in [-0.3, -0.25) is 0 Å². The fourth-order valence-electron chi connectivity index (χ4n) is 2.30. The molecule has 1 heterocycles. The van der Waals surface area contributed by atoms with Gasteiger partial charge >= 0.3 is 0 Å². The number of hydrogen-bond acceptors (Lipinski definition) is 2. The van der Waals surface area contributed by atoms with Gasteiger partial charge in [0.1, 0.15) is 11.6 Å². The van der Waals surface area contributed by atoms with Crippen LogP contribution >= 0.6 is 35.0 Å². The highest BCUT2D eigenvalue weighted by Crippen LogP contribution is 2.25. The predicted molar refractivity (Wildman–Crippen MR) is 86.7 cm³/mol. The zero-order valence-corrected chi connectivity index (χ0v) is 13.8. The topological polar surface area (TPSA) is 17.8 Å². The number of thioether (sulfide) groups is 1. The van der Waals surface area contributed by atoms with Crippen LogP contribution in [-0.4, -0.2) is 27.4 Å². The molecule has 1 unspecified atom stereocenters. The summed E-state index contributed by atoms with van der Waals surface area (Å²) in [5.41, 5.74) is 1.52. The molecule has 0 aliphatic heterocycles. The van der Waals surface area contributed by atoms with Crippen LogP contribution in [-0.2, 0) is 13.0 Å². The summed E-state index contributed by atoms with van der Waals surface area (Å²) in [5, 5.41) is 0.108. The fraction of sp³-hybridized carbons (Fsp3) is 0.500. The van der Waals surface area contributed by atoms with E-state index in [2.05, 4.69) is 22.7 Å². The van der Waals surface area contributed by atoms with E-state index in [9.17, 15) is 4.39 Å². The van der Waals surface area contributed by atoms with Gasteiger partial charge in [0.15, 0.2) is 0 Å². The van der Waals surface area contributed by atoms with E-state index in [0.29, 0.717) is 18.2 Å². The maximum atomic E-state index is 13.7. The van der Waals surface area contributed by atoms with Gasteiger partial charge in [-0.1, -0.05) is 18.5 Å². The van der Waals surface area contributed by atoms with Crippen molar-refractivity contribution in [1.82, 2.24) is 9.55 Å². The second-order valence-electron chi connectivity index (χ2n) is 4.89. The average molecular weight is 335 g/mol. The highest BCUT2D eigenvalue weighted by molar-refractivity contribution is 7.98. The second-order valence-corrected chi connectivity index (χ2v) is 6.59. The summed E-state index contributed by atoms with van der Waals surface area (Å²) in [6.07, 6.45) is 2.75. The fourth-order valence-corrected chi connectivity index (χ4v) is 3.30. The second kappa shape index (κ2) is 7.01. The first-order valence-corrected chi connectivity index (χ1v) is 8.76. The standard InChI is InChI=1S/C14H17Cl2FN2S/c1-9(8-20-2)7-19-13-6-11(17)10(16)5-12(13)18-14(19)3-4-15/h5-6,9H,3-4,7-8H2,1-2H3. The molecular weight excluding hydrogens is 318 g/mol. The first kappa shape index (κ1) is 15.9. The minimum Gasteiger partial charge on any atom is -0.328 e. The van der Waals surface area contributed by atoms with E-state index in [0.717, 1.165) is 29.2 Å². The zero-order chi connectivity index (χ0) is 14.7. The third kappa shape index (κ3) is 3.41. The lowest BCUT2D eigenvalue weighted by molar-refractivity contribution is 0.525. The van der Waals surface area contributed by atoms with Crippen molar-refractivity contribution < 1.29 is 4.39 Å². The van der Waals surface area contributed by atoms with Crippen molar-refractivity contribution in [3.63, 3.8) is 0 Å². The molecule has 2 aromatic rings. The monoisotopic (exact) mass is 334 g/mol.